The van der Waals surface area contributed by atoms with Crippen molar-refractivity contribution >= 4 is 24.7 Å². The van der Waals surface area contributed by atoms with Crippen LogP contribution in [0.25, 0.3) is 12.2 Å². The van der Waals surface area contributed by atoms with E-state index in [1.54, 1.807) is 12.1 Å². The normalized spacial score (nSPS) is 10.4. The highest BCUT2D eigenvalue weighted by Crippen LogP contribution is 2.13. The van der Waals surface area contributed by atoms with Crippen molar-refractivity contribution in [3.8, 4) is 0 Å². The Labute approximate surface area is 106 Å². The minimum Gasteiger partial charge on any atom is -0.298 e. The van der Waals surface area contributed by atoms with Gasteiger partial charge in [-0.2, -0.15) is 0 Å². The fraction of sp³-hybridized carbons (Fsp3) is 0. The van der Waals surface area contributed by atoms with Gasteiger partial charge in [-0.05, 0) is 11.1 Å². The zero-order valence-electron chi connectivity index (χ0n) is 9.74. The Bertz CT molecular complexity index is 544. The van der Waals surface area contributed by atoms with Crippen LogP contribution >= 0.6 is 0 Å². The summed E-state index contributed by atoms with van der Waals surface area (Å²) in [5.74, 6) is 0. The quantitative estimate of drug-likeness (QED) is 0.601. The molecule has 0 aliphatic heterocycles. The average molecular weight is 236 g/mol. The van der Waals surface area contributed by atoms with Gasteiger partial charge < -0.3 is 0 Å². The summed E-state index contributed by atoms with van der Waals surface area (Å²) >= 11 is 0. The van der Waals surface area contributed by atoms with Crippen molar-refractivity contribution in [2.24, 2.45) is 0 Å². The average Bonchev–Trinajstić information content (AvgIpc) is 2.45. The molecule has 0 fully saturated rings. The van der Waals surface area contributed by atoms with Gasteiger partial charge in [-0.15, -0.1) is 0 Å². The maximum absolute atomic E-state index is 10.9. The molecule has 0 N–H and O–H groups in total. The zero-order chi connectivity index (χ0) is 12.8. The first-order valence-electron chi connectivity index (χ1n) is 5.61. The van der Waals surface area contributed by atoms with Crippen LogP contribution in [0.3, 0.4) is 0 Å². The Morgan fingerprint density at radius 3 is 1.22 bits per heavy atom. The van der Waals surface area contributed by atoms with Crippen LogP contribution in [0.2, 0.25) is 0 Å². The summed E-state index contributed by atoms with van der Waals surface area (Å²) in [6, 6.07) is 14.6. The number of aldehydes is 2. The van der Waals surface area contributed by atoms with Crippen molar-refractivity contribution in [3.63, 3.8) is 0 Å². The van der Waals surface area contributed by atoms with E-state index < -0.39 is 0 Å². The van der Waals surface area contributed by atoms with Gasteiger partial charge in [0.15, 0.2) is 12.6 Å². The van der Waals surface area contributed by atoms with E-state index in [4.69, 9.17) is 0 Å². The topological polar surface area (TPSA) is 34.1 Å². The van der Waals surface area contributed by atoms with Crippen molar-refractivity contribution < 1.29 is 9.59 Å². The molecule has 2 heteroatoms. The van der Waals surface area contributed by atoms with Crippen LogP contribution in [0.5, 0.6) is 0 Å². The fourth-order valence-electron chi connectivity index (χ4n) is 1.72. The SMILES string of the molecule is O=Cc1ccccc1/C=C/c1ccccc1C=O. The third-order valence-electron chi connectivity index (χ3n) is 2.69. The molecule has 0 saturated heterocycles. The fourth-order valence-corrected chi connectivity index (χ4v) is 1.72. The van der Waals surface area contributed by atoms with Crippen LogP contribution in [0.4, 0.5) is 0 Å². The number of hydrogen-bond acceptors (Lipinski definition) is 2. The van der Waals surface area contributed by atoms with E-state index in [0.29, 0.717) is 11.1 Å². The molecule has 2 aromatic carbocycles. The predicted octanol–water partition coefficient (Wildman–Crippen LogP) is 3.48. The molecule has 0 bridgehead atoms. The molecule has 0 radical (unpaired) electrons. The van der Waals surface area contributed by atoms with Gasteiger partial charge in [0.1, 0.15) is 0 Å². The van der Waals surface area contributed by atoms with Gasteiger partial charge in [0.25, 0.3) is 0 Å². The van der Waals surface area contributed by atoms with Crippen LogP contribution in [-0.2, 0) is 0 Å². The van der Waals surface area contributed by atoms with Crippen LogP contribution in [0.15, 0.2) is 48.5 Å². The lowest BCUT2D eigenvalue weighted by atomic mass is 10.0. The third-order valence-corrected chi connectivity index (χ3v) is 2.69. The van der Waals surface area contributed by atoms with Crippen molar-refractivity contribution in [3.05, 3.63) is 70.8 Å². The van der Waals surface area contributed by atoms with E-state index in [1.807, 2.05) is 48.6 Å². The summed E-state index contributed by atoms with van der Waals surface area (Å²) in [6.07, 6.45) is 5.33. The molecule has 0 aromatic heterocycles. The first kappa shape index (κ1) is 12.0. The Morgan fingerprint density at radius 1 is 0.556 bits per heavy atom. The van der Waals surface area contributed by atoms with Crippen LogP contribution in [0.1, 0.15) is 31.8 Å². The number of carbonyl (C=O) groups is 2. The summed E-state index contributed by atoms with van der Waals surface area (Å²) in [7, 11) is 0. The first-order chi connectivity index (χ1) is 8.85. The molecule has 2 rings (SSSR count). The summed E-state index contributed by atoms with van der Waals surface area (Å²) < 4.78 is 0. The van der Waals surface area contributed by atoms with E-state index >= 15 is 0 Å². The minimum atomic E-state index is 0.636. The largest absolute Gasteiger partial charge is 0.298 e. The number of benzene rings is 2. The van der Waals surface area contributed by atoms with E-state index in [-0.39, 0.29) is 0 Å². The Morgan fingerprint density at radius 2 is 0.889 bits per heavy atom. The van der Waals surface area contributed by atoms with Crippen LogP contribution in [0, 0.1) is 0 Å². The van der Waals surface area contributed by atoms with E-state index in [9.17, 15) is 9.59 Å². The second-order valence-electron chi connectivity index (χ2n) is 3.83. The molecule has 0 aliphatic carbocycles. The van der Waals surface area contributed by atoms with Gasteiger partial charge in [-0.3, -0.25) is 9.59 Å². The molecule has 18 heavy (non-hydrogen) atoms. The predicted molar refractivity (Wildman–Crippen MR) is 72.6 cm³/mol. The molecule has 0 saturated carbocycles. The smallest absolute Gasteiger partial charge is 0.150 e. The number of hydrogen-bond donors (Lipinski definition) is 0. The maximum atomic E-state index is 10.9. The molecular formula is C16H12O2. The first-order valence-corrected chi connectivity index (χ1v) is 5.61. The highest BCUT2D eigenvalue weighted by Gasteiger charge is 1.98. The second-order valence-corrected chi connectivity index (χ2v) is 3.83. The third kappa shape index (κ3) is 2.61. The van der Waals surface area contributed by atoms with Gasteiger partial charge in [-0.1, -0.05) is 60.7 Å². The molecule has 2 aromatic rings. The van der Waals surface area contributed by atoms with Crippen molar-refractivity contribution in [2.45, 2.75) is 0 Å². The molecule has 0 heterocycles. The molecular weight excluding hydrogens is 224 g/mol. The van der Waals surface area contributed by atoms with Gasteiger partial charge in [0.2, 0.25) is 0 Å². The molecule has 88 valence electrons. The van der Waals surface area contributed by atoms with Crippen LogP contribution < -0.4 is 0 Å². The molecule has 0 unspecified atom stereocenters. The standard InChI is InChI=1S/C16H12O2/c17-11-15-7-3-1-5-13(15)9-10-14-6-2-4-8-16(14)12-18/h1-12H/b10-9+. The lowest BCUT2D eigenvalue weighted by molar-refractivity contribution is 0.111. The van der Waals surface area contributed by atoms with E-state index in [2.05, 4.69) is 0 Å². The van der Waals surface area contributed by atoms with Gasteiger partial charge in [-0.25, -0.2) is 0 Å². The molecule has 2 nitrogen and oxygen atoms in total. The summed E-state index contributed by atoms with van der Waals surface area (Å²) in [6.45, 7) is 0. The molecule has 0 amide bonds. The molecule has 0 spiro atoms. The van der Waals surface area contributed by atoms with Gasteiger partial charge in [0.05, 0.1) is 0 Å². The highest BCUT2D eigenvalue weighted by atomic mass is 16.1. The monoisotopic (exact) mass is 236 g/mol. The highest BCUT2D eigenvalue weighted by molar-refractivity contribution is 5.88. The second kappa shape index (κ2) is 5.73. The van der Waals surface area contributed by atoms with Crippen molar-refractivity contribution in [1.29, 1.82) is 0 Å². The van der Waals surface area contributed by atoms with Gasteiger partial charge >= 0.3 is 0 Å². The van der Waals surface area contributed by atoms with Crippen molar-refractivity contribution in [1.82, 2.24) is 0 Å². The van der Waals surface area contributed by atoms with E-state index in [0.717, 1.165) is 23.7 Å². The Hall–Kier alpha value is -2.48. The maximum Gasteiger partial charge on any atom is 0.150 e. The van der Waals surface area contributed by atoms with Gasteiger partial charge in [0, 0.05) is 11.1 Å². The number of rotatable bonds is 4. The Balaban J connectivity index is 2.35. The Kier molecular flexibility index (Phi) is 3.82. The lowest BCUT2D eigenvalue weighted by Crippen LogP contribution is -1.86. The lowest BCUT2D eigenvalue weighted by Gasteiger charge is -1.99. The summed E-state index contributed by atoms with van der Waals surface area (Å²) in [4.78, 5) is 21.7. The number of carbonyl (C=O) groups excluding carboxylic acids is 2. The molecule has 0 atom stereocenters. The summed E-state index contributed by atoms with van der Waals surface area (Å²) in [5, 5.41) is 0. The zero-order valence-corrected chi connectivity index (χ0v) is 9.74. The summed E-state index contributed by atoms with van der Waals surface area (Å²) in [5.41, 5.74) is 2.95. The minimum absolute atomic E-state index is 0.636. The van der Waals surface area contributed by atoms with Crippen LogP contribution in [-0.4, -0.2) is 12.6 Å². The van der Waals surface area contributed by atoms with E-state index in [1.165, 1.54) is 0 Å². The molecule has 0 aliphatic rings. The van der Waals surface area contributed by atoms with Crippen molar-refractivity contribution in [2.75, 3.05) is 0 Å².